The minimum Gasteiger partial charge on any atom is -0.481 e. The number of primary amides is 1. The van der Waals surface area contributed by atoms with Crippen molar-refractivity contribution in [2.24, 2.45) is 34.8 Å². The van der Waals surface area contributed by atoms with Gasteiger partial charge in [0.05, 0.1) is 6.04 Å². The lowest BCUT2D eigenvalue weighted by Gasteiger charge is -2.27. The fraction of sp³-hybridized carbons (Fsp3) is 0.698. The molecular weight excluding hydrogens is 914 g/mol. The van der Waals surface area contributed by atoms with Gasteiger partial charge in [0.15, 0.2) is 0 Å². The van der Waals surface area contributed by atoms with Gasteiger partial charge in [0.2, 0.25) is 17.7 Å². The maximum atomic E-state index is 13.0. The first-order valence-corrected chi connectivity index (χ1v) is 28.9. The number of nitrogens with zero attached hydrogens (tertiary/aromatic N) is 2. The molecule has 3 amide bonds. The molecule has 0 aromatic heterocycles. The Morgan fingerprint density at radius 3 is 1.82 bits per heavy atom. The van der Waals surface area contributed by atoms with Crippen molar-refractivity contribution in [1.29, 1.82) is 0 Å². The lowest BCUT2D eigenvalue weighted by atomic mass is 9.83. The van der Waals surface area contributed by atoms with E-state index >= 15 is 0 Å². The Balaban J connectivity index is 0.000000468. The zero-order chi connectivity index (χ0) is 54.9. The number of benzene rings is 2. The summed E-state index contributed by atoms with van der Waals surface area (Å²) >= 11 is 0. The van der Waals surface area contributed by atoms with E-state index in [2.05, 4.69) is 79.3 Å². The zero-order valence-electron chi connectivity index (χ0n) is 48.0. The number of rotatable bonds is 19. The Morgan fingerprint density at radius 1 is 0.767 bits per heavy atom. The molecule has 0 radical (unpaired) electrons. The summed E-state index contributed by atoms with van der Waals surface area (Å²) in [6.07, 6.45) is 29.6. The maximum absolute atomic E-state index is 13.0. The number of hydrogen-bond acceptors (Lipinski definition) is 5. The molecule has 2 aromatic carbocycles. The number of unbranched alkanes of at least 4 members (excludes halogenated alkanes) is 5. The van der Waals surface area contributed by atoms with E-state index in [4.69, 9.17) is 15.6 Å². The quantitative estimate of drug-likeness (QED) is 0.0816. The molecule has 414 valence electrons. The molecule has 5 atom stereocenters. The Morgan fingerprint density at radius 2 is 1.37 bits per heavy atom. The summed E-state index contributed by atoms with van der Waals surface area (Å²) in [6.45, 7) is 27.7. The average Bonchev–Trinajstić information content (AvgIpc) is 4.21. The fourth-order valence-electron chi connectivity index (χ4n) is 9.93. The summed E-state index contributed by atoms with van der Waals surface area (Å²) < 4.78 is 13.0. The molecule has 2 heterocycles. The number of amides is 3. The van der Waals surface area contributed by atoms with Crippen molar-refractivity contribution in [2.75, 3.05) is 13.1 Å². The number of carboxylic acids is 1. The highest BCUT2D eigenvalue weighted by Gasteiger charge is 2.50. The number of carboxylic acid groups (broad SMARTS) is 1. The molecule has 5 fully saturated rings. The fourth-order valence-corrected chi connectivity index (χ4v) is 9.93. The SMILES string of the molecule is C=CC1CC1C(=O)N1CC1c1ccccc1CCC.CC(=O)C1CCC1.CC(=O)O.CC1(C)CCCC1.CCC.CCCCCCCC[C@H](CCC)C(=O)N1CCCC1C(N)=O.CCc1cccc(F)c1CC. The first-order valence-electron chi connectivity index (χ1n) is 28.9. The molecule has 7 rings (SSSR count). The molecule has 9 nitrogen and oxygen atoms in total. The van der Waals surface area contributed by atoms with Gasteiger partial charge in [-0.1, -0.05) is 182 Å². The monoisotopic (exact) mass is 1020 g/mol. The number of aliphatic carboxylic acids is 1. The van der Waals surface area contributed by atoms with Crippen LogP contribution in [0.2, 0.25) is 0 Å². The zero-order valence-corrected chi connectivity index (χ0v) is 48.0. The summed E-state index contributed by atoms with van der Waals surface area (Å²) in [7, 11) is 0. The van der Waals surface area contributed by atoms with Crippen LogP contribution >= 0.6 is 0 Å². The summed E-state index contributed by atoms with van der Waals surface area (Å²) in [5, 5.41) is 7.42. The Kier molecular flexibility index (Phi) is 34.2. The van der Waals surface area contributed by atoms with Crippen LogP contribution in [-0.4, -0.2) is 63.5 Å². The Hall–Kier alpha value is -4.34. The van der Waals surface area contributed by atoms with Crippen molar-refractivity contribution in [3.05, 3.63) is 83.2 Å². The van der Waals surface area contributed by atoms with Crippen LogP contribution < -0.4 is 5.73 Å². The van der Waals surface area contributed by atoms with Gasteiger partial charge < -0.3 is 20.6 Å². The third-order valence-corrected chi connectivity index (χ3v) is 14.6. The van der Waals surface area contributed by atoms with Crippen molar-refractivity contribution >= 4 is 29.5 Å². The van der Waals surface area contributed by atoms with Crippen molar-refractivity contribution in [1.82, 2.24) is 9.80 Å². The molecule has 3 saturated carbocycles. The van der Waals surface area contributed by atoms with E-state index in [9.17, 15) is 23.6 Å². The molecule has 2 saturated heterocycles. The lowest BCUT2D eigenvalue weighted by molar-refractivity contribution is -0.141. The normalized spacial score (nSPS) is 20.0. The van der Waals surface area contributed by atoms with Crippen LogP contribution in [0.15, 0.2) is 55.1 Å². The second-order valence-electron chi connectivity index (χ2n) is 21.8. The third-order valence-electron chi connectivity index (χ3n) is 14.6. The smallest absolute Gasteiger partial charge is 0.300 e. The summed E-state index contributed by atoms with van der Waals surface area (Å²) in [5.74, 6) is 0.813. The van der Waals surface area contributed by atoms with Crippen molar-refractivity contribution in [2.45, 2.75) is 242 Å². The first kappa shape index (κ1) is 66.7. The highest BCUT2D eigenvalue weighted by molar-refractivity contribution is 5.88. The predicted octanol–water partition coefficient (Wildman–Crippen LogP) is 15.4. The van der Waals surface area contributed by atoms with Crippen molar-refractivity contribution < 1.29 is 33.5 Å². The molecule has 2 aromatic rings. The standard InChI is InChI=1S/C18H34N2O2.C17H21NO.C10H13F.C7H14.C6H10O.C3H8.C2H4O2/c1-3-5-6-7-8-9-12-15(11-4-2)18(22)20-14-10-13-16(20)17(19)21;1-3-7-13-8-5-6-9-14(13)16-11-18(16)17(19)15-10-12(15)4-2;1-3-8-6-5-7-10(11)9(8)4-2;1-7(2)5-3-4-6-7;1-5(7)6-3-2-4-6;1-3-2;1-2(3)4/h15-16H,3-14H2,1-2H3,(H2,19,21);4-6,8-9,12,15-16H,2-3,7,10-11H2,1H3;5-7H,3-4H2,1-2H3;3-6H2,1-2H3;6H,2-4H2,1H3;3H2,1-2H3;1H3,(H,3,4)/t15-,16?;;;;;;/m0....../s1. The van der Waals surface area contributed by atoms with Gasteiger partial charge in [0.25, 0.3) is 5.97 Å². The number of ketones is 1. The maximum Gasteiger partial charge on any atom is 0.300 e. The number of hydrogen-bond donors (Lipinski definition) is 2. The summed E-state index contributed by atoms with van der Waals surface area (Å²) in [5.41, 5.74) is 10.9. The van der Waals surface area contributed by atoms with Crippen LogP contribution in [0.3, 0.4) is 0 Å². The van der Waals surface area contributed by atoms with Gasteiger partial charge in [-0.2, -0.15) is 0 Å². The third kappa shape index (κ3) is 26.1. The van der Waals surface area contributed by atoms with E-state index in [1.54, 1.807) is 17.9 Å². The van der Waals surface area contributed by atoms with E-state index in [1.807, 2.05) is 30.9 Å². The highest BCUT2D eigenvalue weighted by Crippen LogP contribution is 2.46. The van der Waals surface area contributed by atoms with Crippen LogP contribution in [0.4, 0.5) is 4.39 Å². The number of nitrogens with two attached hydrogens (primary N) is 1. The number of carbonyl (C=O) groups is 5. The van der Waals surface area contributed by atoms with Crippen LogP contribution in [0.5, 0.6) is 0 Å². The van der Waals surface area contributed by atoms with E-state index in [1.165, 1.54) is 87.8 Å². The van der Waals surface area contributed by atoms with Crippen LogP contribution in [-0.2, 0) is 43.2 Å². The van der Waals surface area contributed by atoms with Gasteiger partial charge in [0, 0.05) is 37.8 Å². The van der Waals surface area contributed by atoms with Crippen LogP contribution in [0.1, 0.15) is 239 Å². The molecule has 0 bridgehead atoms. The molecule has 5 aliphatic rings. The second-order valence-corrected chi connectivity index (χ2v) is 21.8. The minimum atomic E-state index is -0.833. The molecule has 2 aliphatic heterocycles. The minimum absolute atomic E-state index is 0.0631. The van der Waals surface area contributed by atoms with Crippen LogP contribution in [0.25, 0.3) is 0 Å². The van der Waals surface area contributed by atoms with Gasteiger partial charge in [-0.3, -0.25) is 24.0 Å². The van der Waals surface area contributed by atoms with E-state index in [-0.39, 0.29) is 35.5 Å². The van der Waals surface area contributed by atoms with Crippen molar-refractivity contribution in [3.8, 4) is 0 Å². The number of allylic oxidation sites excluding steroid dienone is 1. The van der Waals surface area contributed by atoms with Gasteiger partial charge in [0.1, 0.15) is 17.6 Å². The summed E-state index contributed by atoms with van der Waals surface area (Å²) in [4.78, 5) is 59.7. The topological polar surface area (TPSA) is 138 Å². The molecule has 73 heavy (non-hydrogen) atoms. The van der Waals surface area contributed by atoms with E-state index in [0.29, 0.717) is 41.5 Å². The number of halogens is 1. The average molecular weight is 1020 g/mol. The van der Waals surface area contributed by atoms with Gasteiger partial charge in [-0.15, -0.1) is 6.58 Å². The lowest BCUT2D eigenvalue weighted by Crippen LogP contribution is -2.46. The Labute approximate surface area is 444 Å². The molecule has 10 heteroatoms. The molecule has 0 spiro atoms. The predicted molar refractivity (Wildman–Crippen MR) is 302 cm³/mol. The van der Waals surface area contributed by atoms with Crippen LogP contribution in [0, 0.1) is 34.9 Å². The van der Waals surface area contributed by atoms with Crippen molar-refractivity contribution in [3.63, 3.8) is 0 Å². The Bertz CT molecular complexity index is 1900. The number of Topliss-reactive ketones (excluding diaryl/α,β-unsaturated/α-hetero) is 1. The number of aryl methyl sites for hydroxylation is 2. The number of likely N-dealkylation sites (tertiary alicyclic amines) is 1. The molecule has 3 aliphatic carbocycles. The van der Waals surface area contributed by atoms with Gasteiger partial charge in [-0.05, 0) is 124 Å². The molecular formula is C63H104FN3O6. The molecule has 4 unspecified atom stereocenters. The van der Waals surface area contributed by atoms with Gasteiger partial charge in [-0.25, -0.2) is 4.39 Å². The molecule has 3 N–H and O–H groups in total. The largest absolute Gasteiger partial charge is 0.481 e. The van der Waals surface area contributed by atoms with E-state index < -0.39 is 5.97 Å². The van der Waals surface area contributed by atoms with E-state index in [0.717, 1.165) is 108 Å². The highest BCUT2D eigenvalue weighted by atomic mass is 19.1. The summed E-state index contributed by atoms with van der Waals surface area (Å²) in [6, 6.07) is 13.8. The first-order chi connectivity index (χ1) is 34.8. The second kappa shape index (κ2) is 37.4. The number of carbonyl (C=O) groups excluding carboxylic acids is 4. The van der Waals surface area contributed by atoms with Gasteiger partial charge >= 0.3 is 0 Å².